The van der Waals surface area contributed by atoms with Crippen molar-refractivity contribution in [3.05, 3.63) is 0 Å². The minimum atomic E-state index is -0.797. The average Bonchev–Trinajstić information content (AvgIpc) is 2.75. The molecule has 0 saturated carbocycles. The summed E-state index contributed by atoms with van der Waals surface area (Å²) in [4.78, 5) is 26.9. The fourth-order valence-corrected chi connectivity index (χ4v) is 2.45. The first-order chi connectivity index (χ1) is 8.81. The largest absolute Gasteiger partial charge is 0.481 e. The number of hydrogen-bond acceptors (Lipinski definition) is 2. The molecule has 1 N–H and O–H groups in total. The Morgan fingerprint density at radius 3 is 2.11 bits per heavy atom. The standard InChI is InChI=1S/C14H26N2O3/c1-10(2)7-16(8-11(3)4)14(19)15-6-5-12(9-15)13(17)18/h10-12H,5-9H2,1-4H3,(H,17,18). The summed E-state index contributed by atoms with van der Waals surface area (Å²) < 4.78 is 0. The number of carbonyl (C=O) groups is 2. The lowest BCUT2D eigenvalue weighted by atomic mass is 10.1. The van der Waals surface area contributed by atoms with Gasteiger partial charge in [-0.15, -0.1) is 0 Å². The first-order valence-corrected chi connectivity index (χ1v) is 7.08. The Kier molecular flexibility index (Phi) is 5.63. The highest BCUT2D eigenvalue weighted by Gasteiger charge is 2.33. The summed E-state index contributed by atoms with van der Waals surface area (Å²) in [6.07, 6.45) is 0.568. The highest BCUT2D eigenvalue weighted by atomic mass is 16.4. The van der Waals surface area contributed by atoms with Crippen LogP contribution in [0.1, 0.15) is 34.1 Å². The van der Waals surface area contributed by atoms with Crippen LogP contribution in [-0.2, 0) is 4.79 Å². The minimum absolute atomic E-state index is 0.00819. The monoisotopic (exact) mass is 270 g/mol. The molecule has 0 aromatic rings. The molecule has 0 aromatic heterocycles. The zero-order chi connectivity index (χ0) is 14.6. The molecular formula is C14H26N2O3. The van der Waals surface area contributed by atoms with Gasteiger partial charge in [-0.3, -0.25) is 4.79 Å². The number of hydrogen-bond donors (Lipinski definition) is 1. The molecule has 110 valence electrons. The summed E-state index contributed by atoms with van der Waals surface area (Å²) in [5, 5.41) is 8.99. The molecule has 1 aliphatic heterocycles. The molecule has 1 atom stereocenters. The summed E-state index contributed by atoms with van der Waals surface area (Å²) >= 11 is 0. The molecule has 2 amide bonds. The smallest absolute Gasteiger partial charge is 0.320 e. The van der Waals surface area contributed by atoms with E-state index in [0.29, 0.717) is 31.3 Å². The molecule has 0 aliphatic carbocycles. The van der Waals surface area contributed by atoms with Crippen LogP contribution in [0.2, 0.25) is 0 Å². The third-order valence-electron chi connectivity index (χ3n) is 3.25. The lowest BCUT2D eigenvalue weighted by Crippen LogP contribution is -2.45. The molecule has 1 rings (SSSR count). The van der Waals surface area contributed by atoms with Crippen molar-refractivity contribution in [3.8, 4) is 0 Å². The van der Waals surface area contributed by atoms with Crippen LogP contribution in [-0.4, -0.2) is 53.1 Å². The van der Waals surface area contributed by atoms with Gasteiger partial charge in [-0.05, 0) is 18.3 Å². The maximum absolute atomic E-state index is 12.4. The molecule has 0 spiro atoms. The Labute approximate surface area is 115 Å². The molecule has 1 saturated heterocycles. The zero-order valence-corrected chi connectivity index (χ0v) is 12.4. The van der Waals surface area contributed by atoms with Crippen molar-refractivity contribution in [1.82, 2.24) is 9.80 Å². The van der Waals surface area contributed by atoms with Crippen LogP contribution >= 0.6 is 0 Å². The van der Waals surface area contributed by atoms with Crippen molar-refractivity contribution in [2.45, 2.75) is 34.1 Å². The van der Waals surface area contributed by atoms with Gasteiger partial charge in [0.25, 0.3) is 0 Å². The van der Waals surface area contributed by atoms with E-state index in [1.807, 2.05) is 4.90 Å². The van der Waals surface area contributed by atoms with E-state index in [-0.39, 0.29) is 6.03 Å². The van der Waals surface area contributed by atoms with Crippen LogP contribution in [0.3, 0.4) is 0 Å². The topological polar surface area (TPSA) is 60.9 Å². The van der Waals surface area contributed by atoms with Crippen molar-refractivity contribution in [2.24, 2.45) is 17.8 Å². The van der Waals surface area contributed by atoms with E-state index in [1.165, 1.54) is 0 Å². The summed E-state index contributed by atoms with van der Waals surface area (Å²) in [5.74, 6) is -0.361. The number of amides is 2. The quantitative estimate of drug-likeness (QED) is 0.832. The van der Waals surface area contributed by atoms with Crippen LogP contribution < -0.4 is 0 Å². The van der Waals surface area contributed by atoms with Gasteiger partial charge in [-0.1, -0.05) is 27.7 Å². The average molecular weight is 270 g/mol. The highest BCUT2D eigenvalue weighted by Crippen LogP contribution is 2.19. The predicted molar refractivity (Wildman–Crippen MR) is 74.0 cm³/mol. The number of nitrogens with zero attached hydrogens (tertiary/aromatic N) is 2. The van der Waals surface area contributed by atoms with E-state index in [4.69, 9.17) is 5.11 Å². The summed E-state index contributed by atoms with van der Waals surface area (Å²) in [5.41, 5.74) is 0. The Bertz CT molecular complexity index is 319. The van der Waals surface area contributed by atoms with Crippen molar-refractivity contribution in [2.75, 3.05) is 26.2 Å². The Hall–Kier alpha value is -1.26. The maximum atomic E-state index is 12.4. The van der Waals surface area contributed by atoms with Crippen molar-refractivity contribution >= 4 is 12.0 Å². The molecule has 0 radical (unpaired) electrons. The van der Waals surface area contributed by atoms with E-state index in [0.717, 1.165) is 13.1 Å². The number of rotatable bonds is 5. The molecule has 1 heterocycles. The third-order valence-corrected chi connectivity index (χ3v) is 3.25. The number of aliphatic carboxylic acids is 1. The first-order valence-electron chi connectivity index (χ1n) is 7.08. The SMILES string of the molecule is CC(C)CN(CC(C)C)C(=O)N1CCC(C(=O)O)C1. The van der Waals surface area contributed by atoms with Crippen molar-refractivity contribution < 1.29 is 14.7 Å². The Morgan fingerprint density at radius 1 is 1.21 bits per heavy atom. The number of carbonyl (C=O) groups excluding carboxylic acids is 1. The molecule has 5 heteroatoms. The van der Waals surface area contributed by atoms with Gasteiger partial charge in [0, 0.05) is 26.2 Å². The van der Waals surface area contributed by atoms with Gasteiger partial charge >= 0.3 is 12.0 Å². The number of carboxylic acid groups (broad SMARTS) is 1. The maximum Gasteiger partial charge on any atom is 0.320 e. The number of likely N-dealkylation sites (tertiary alicyclic amines) is 1. The highest BCUT2D eigenvalue weighted by molar-refractivity contribution is 5.77. The molecule has 19 heavy (non-hydrogen) atoms. The first kappa shape index (κ1) is 15.8. The predicted octanol–water partition coefficient (Wildman–Crippen LogP) is 2.13. The van der Waals surface area contributed by atoms with Gasteiger partial charge in [0.05, 0.1) is 5.92 Å². The van der Waals surface area contributed by atoms with Gasteiger partial charge < -0.3 is 14.9 Å². The van der Waals surface area contributed by atoms with Gasteiger partial charge in [0.1, 0.15) is 0 Å². The van der Waals surface area contributed by atoms with Crippen LogP contribution in [0, 0.1) is 17.8 Å². The molecular weight excluding hydrogens is 244 g/mol. The fraction of sp³-hybridized carbons (Fsp3) is 0.857. The third kappa shape index (κ3) is 4.73. The fourth-order valence-electron chi connectivity index (χ4n) is 2.45. The van der Waals surface area contributed by atoms with Crippen molar-refractivity contribution in [1.29, 1.82) is 0 Å². The molecule has 1 unspecified atom stereocenters. The van der Waals surface area contributed by atoms with Crippen LogP contribution in [0.25, 0.3) is 0 Å². The number of carboxylic acids is 1. The molecule has 1 aliphatic rings. The summed E-state index contributed by atoms with van der Waals surface area (Å²) in [6.45, 7) is 10.7. The minimum Gasteiger partial charge on any atom is -0.481 e. The van der Waals surface area contributed by atoms with E-state index in [2.05, 4.69) is 27.7 Å². The Morgan fingerprint density at radius 2 is 1.74 bits per heavy atom. The van der Waals surface area contributed by atoms with Crippen LogP contribution in [0.15, 0.2) is 0 Å². The number of urea groups is 1. The van der Waals surface area contributed by atoms with E-state index in [9.17, 15) is 9.59 Å². The van der Waals surface area contributed by atoms with E-state index in [1.54, 1.807) is 4.90 Å². The van der Waals surface area contributed by atoms with E-state index < -0.39 is 11.9 Å². The van der Waals surface area contributed by atoms with Gasteiger partial charge in [0.15, 0.2) is 0 Å². The van der Waals surface area contributed by atoms with E-state index >= 15 is 0 Å². The second-order valence-corrected chi connectivity index (χ2v) is 6.25. The Balaban J connectivity index is 2.63. The van der Waals surface area contributed by atoms with Crippen LogP contribution in [0.4, 0.5) is 4.79 Å². The lowest BCUT2D eigenvalue weighted by molar-refractivity contribution is -0.141. The second-order valence-electron chi connectivity index (χ2n) is 6.25. The normalized spacial score (nSPS) is 19.3. The molecule has 1 fully saturated rings. The second kappa shape index (κ2) is 6.78. The van der Waals surface area contributed by atoms with Gasteiger partial charge in [-0.2, -0.15) is 0 Å². The zero-order valence-electron chi connectivity index (χ0n) is 12.4. The molecule has 0 bridgehead atoms. The van der Waals surface area contributed by atoms with Gasteiger partial charge in [-0.25, -0.2) is 4.79 Å². The molecule has 5 nitrogen and oxygen atoms in total. The van der Waals surface area contributed by atoms with Gasteiger partial charge in [0.2, 0.25) is 0 Å². The van der Waals surface area contributed by atoms with Crippen molar-refractivity contribution in [3.63, 3.8) is 0 Å². The summed E-state index contributed by atoms with van der Waals surface area (Å²) in [7, 11) is 0. The molecule has 0 aromatic carbocycles. The lowest BCUT2D eigenvalue weighted by Gasteiger charge is -2.30. The summed E-state index contributed by atoms with van der Waals surface area (Å²) in [6, 6.07) is -0.00819. The van der Waals surface area contributed by atoms with Crippen LogP contribution in [0.5, 0.6) is 0 Å².